The Hall–Kier alpha value is -1.72. The summed E-state index contributed by atoms with van der Waals surface area (Å²) in [5.74, 6) is -2.24. The molecule has 6 heteroatoms. The van der Waals surface area contributed by atoms with E-state index in [1.807, 2.05) is 6.92 Å². The Morgan fingerprint density at radius 3 is 2.26 bits per heavy atom. The quantitative estimate of drug-likeness (QED) is 0.349. The van der Waals surface area contributed by atoms with Gasteiger partial charge in [0, 0.05) is 24.7 Å². The molecule has 0 heterocycles. The van der Waals surface area contributed by atoms with Crippen LogP contribution >= 0.6 is 0 Å². The van der Waals surface area contributed by atoms with Crippen molar-refractivity contribution in [3.8, 4) is 0 Å². The second-order valence-corrected chi connectivity index (χ2v) is 12.7. The smallest absolute Gasteiger partial charge is 0.302 e. The number of ether oxygens (including phenoxy) is 1. The largest absolute Gasteiger partial charge is 0.542 e. The van der Waals surface area contributed by atoms with Crippen LogP contribution in [0.3, 0.4) is 0 Å². The molecule has 3 saturated carbocycles. The summed E-state index contributed by atoms with van der Waals surface area (Å²) in [4.78, 5) is 49.9. The molecule has 35 heavy (non-hydrogen) atoms. The van der Waals surface area contributed by atoms with E-state index in [1.165, 1.54) is 19.8 Å². The van der Waals surface area contributed by atoms with Crippen LogP contribution in [0.15, 0.2) is 0 Å². The molecular formula is C29H45O6-. The van der Waals surface area contributed by atoms with Crippen molar-refractivity contribution in [1.82, 2.24) is 0 Å². The number of carboxylic acids is 1. The molecule has 0 N–H and O–H groups in total. The molecule has 0 saturated heterocycles. The number of carboxylic acid groups (broad SMARTS) is 1. The van der Waals surface area contributed by atoms with Gasteiger partial charge in [-0.2, -0.15) is 0 Å². The van der Waals surface area contributed by atoms with Gasteiger partial charge in [0.1, 0.15) is 17.9 Å². The van der Waals surface area contributed by atoms with Crippen molar-refractivity contribution >= 4 is 23.5 Å². The number of Topliss-reactive ketones (excluding diaryl/α,β-unsaturated/α-hetero) is 2. The first-order valence-corrected chi connectivity index (χ1v) is 13.8. The number of carbonyl (C=O) groups excluding carboxylic acids is 4. The van der Waals surface area contributed by atoms with E-state index in [1.54, 1.807) is 0 Å². The molecule has 3 aliphatic rings. The van der Waals surface area contributed by atoms with Crippen molar-refractivity contribution < 1.29 is 29.0 Å². The van der Waals surface area contributed by atoms with Gasteiger partial charge in [0.05, 0.1) is 0 Å². The van der Waals surface area contributed by atoms with Gasteiger partial charge in [-0.15, -0.1) is 0 Å². The Morgan fingerprint density at radius 2 is 1.69 bits per heavy atom. The highest BCUT2D eigenvalue weighted by Crippen LogP contribution is 2.64. The highest BCUT2D eigenvalue weighted by Gasteiger charge is 2.61. The van der Waals surface area contributed by atoms with E-state index in [0.29, 0.717) is 37.0 Å². The summed E-state index contributed by atoms with van der Waals surface area (Å²) in [5, 5.41) is 11.9. The summed E-state index contributed by atoms with van der Waals surface area (Å²) < 4.78 is 5.30. The van der Waals surface area contributed by atoms with Crippen molar-refractivity contribution in [2.75, 3.05) is 0 Å². The molecule has 3 fully saturated rings. The Morgan fingerprint density at radius 1 is 1.00 bits per heavy atom. The van der Waals surface area contributed by atoms with E-state index < -0.39 is 35.2 Å². The van der Waals surface area contributed by atoms with Crippen molar-refractivity contribution in [3.05, 3.63) is 0 Å². The number of aliphatic carboxylic acids is 1. The molecule has 0 amide bonds. The Balaban J connectivity index is 1.84. The van der Waals surface area contributed by atoms with Crippen LogP contribution in [0.2, 0.25) is 0 Å². The molecule has 0 bridgehead atoms. The van der Waals surface area contributed by atoms with Crippen LogP contribution in [0.1, 0.15) is 106 Å². The maximum absolute atomic E-state index is 13.4. The SMILES string of the molecule is CC(=O)O[C@H]1CC[C@](C)([C@H]2CC[C@]3(C)[C@@H]([C@@H](C)CCCC(C)C)CC[C@H]3[C@@H]2C(=O)C(=O)[O-])C(=O)C1. The van der Waals surface area contributed by atoms with Gasteiger partial charge in [-0.1, -0.05) is 53.9 Å². The normalized spacial score (nSPS) is 38.1. The van der Waals surface area contributed by atoms with Crippen molar-refractivity contribution in [3.63, 3.8) is 0 Å². The lowest BCUT2D eigenvalue weighted by molar-refractivity contribution is -0.301. The second-order valence-electron chi connectivity index (χ2n) is 12.7. The minimum absolute atomic E-state index is 0.0173. The third kappa shape index (κ3) is 5.51. The van der Waals surface area contributed by atoms with Crippen LogP contribution in [-0.2, 0) is 23.9 Å². The van der Waals surface area contributed by atoms with Gasteiger partial charge < -0.3 is 14.6 Å². The molecule has 0 spiro atoms. The number of fused-ring (bicyclic) bond motifs is 1. The second kappa shape index (κ2) is 10.7. The summed E-state index contributed by atoms with van der Waals surface area (Å²) in [6.07, 6.45) is 7.74. The lowest BCUT2D eigenvalue weighted by atomic mass is 9.49. The molecular weight excluding hydrogens is 444 g/mol. The van der Waals surface area contributed by atoms with Crippen molar-refractivity contribution in [1.29, 1.82) is 0 Å². The topological polar surface area (TPSA) is 101 Å². The summed E-state index contributed by atoms with van der Waals surface area (Å²) >= 11 is 0. The predicted molar refractivity (Wildman–Crippen MR) is 131 cm³/mol. The fourth-order valence-electron chi connectivity index (χ4n) is 8.25. The van der Waals surface area contributed by atoms with Crippen molar-refractivity contribution in [2.45, 2.75) is 112 Å². The van der Waals surface area contributed by atoms with Gasteiger partial charge in [-0.05, 0) is 73.5 Å². The number of hydrogen-bond donors (Lipinski definition) is 0. The maximum Gasteiger partial charge on any atom is 0.302 e. The number of ketones is 2. The summed E-state index contributed by atoms with van der Waals surface area (Å²) in [6, 6.07) is 0. The van der Waals surface area contributed by atoms with Crippen LogP contribution in [0.4, 0.5) is 0 Å². The molecule has 6 nitrogen and oxygen atoms in total. The third-order valence-corrected chi connectivity index (χ3v) is 10.2. The lowest BCUT2D eigenvalue weighted by Crippen LogP contribution is -2.56. The number of esters is 1. The van der Waals surface area contributed by atoms with Crippen LogP contribution < -0.4 is 5.11 Å². The van der Waals surface area contributed by atoms with Crippen LogP contribution in [0, 0.1) is 46.3 Å². The molecule has 3 aliphatic carbocycles. The van der Waals surface area contributed by atoms with Gasteiger partial charge >= 0.3 is 5.97 Å². The lowest BCUT2D eigenvalue weighted by Gasteiger charge is -2.54. The van der Waals surface area contributed by atoms with Crippen LogP contribution in [0.25, 0.3) is 0 Å². The minimum Gasteiger partial charge on any atom is -0.542 e. The fraction of sp³-hybridized carbons (Fsp3) is 0.862. The molecule has 0 aromatic carbocycles. The standard InChI is InChI=1S/C29H46O6/c1-17(2)8-7-9-18(3)21-10-11-22-25(26(32)27(33)34)23(13-15-28(21,22)5)29(6)14-12-20(16-24(29)31)35-19(4)30/h17-18,20-23,25H,7-16H2,1-6H3,(H,33,34)/p-1/t18-,20-,21+,22-,23-,25-,28+,29+/m0/s1. The van der Waals surface area contributed by atoms with Gasteiger partial charge in [0.15, 0.2) is 5.78 Å². The van der Waals surface area contributed by atoms with E-state index in [2.05, 4.69) is 27.7 Å². The van der Waals surface area contributed by atoms with E-state index >= 15 is 0 Å². The van der Waals surface area contributed by atoms with Gasteiger partial charge in [0.25, 0.3) is 0 Å². The van der Waals surface area contributed by atoms with E-state index in [0.717, 1.165) is 25.7 Å². The molecule has 0 aromatic rings. The van der Waals surface area contributed by atoms with Gasteiger partial charge in [0.2, 0.25) is 0 Å². The zero-order valence-corrected chi connectivity index (χ0v) is 22.6. The zero-order chi connectivity index (χ0) is 26.1. The van der Waals surface area contributed by atoms with E-state index in [-0.39, 0.29) is 29.5 Å². The molecule has 0 aliphatic heterocycles. The van der Waals surface area contributed by atoms with E-state index in [9.17, 15) is 24.3 Å². The van der Waals surface area contributed by atoms with Gasteiger partial charge in [-0.3, -0.25) is 14.4 Å². The number of hydrogen-bond acceptors (Lipinski definition) is 6. The fourth-order valence-corrected chi connectivity index (χ4v) is 8.25. The first kappa shape index (κ1) is 27.9. The average Bonchev–Trinajstić information content (AvgIpc) is 3.11. The zero-order valence-electron chi connectivity index (χ0n) is 22.6. The first-order chi connectivity index (χ1) is 16.3. The highest BCUT2D eigenvalue weighted by atomic mass is 16.5. The van der Waals surface area contributed by atoms with Crippen LogP contribution in [-0.4, -0.2) is 29.6 Å². The third-order valence-electron chi connectivity index (χ3n) is 10.2. The monoisotopic (exact) mass is 489 g/mol. The average molecular weight is 490 g/mol. The van der Waals surface area contributed by atoms with Crippen LogP contribution in [0.5, 0.6) is 0 Å². The maximum atomic E-state index is 13.4. The summed E-state index contributed by atoms with van der Waals surface area (Å²) in [7, 11) is 0. The molecule has 8 atom stereocenters. The number of carbonyl (C=O) groups is 4. The van der Waals surface area contributed by atoms with Gasteiger partial charge in [-0.25, -0.2) is 0 Å². The molecule has 0 radical (unpaired) electrons. The summed E-state index contributed by atoms with van der Waals surface area (Å²) in [5.41, 5.74) is -0.882. The molecule has 3 rings (SSSR count). The number of rotatable bonds is 9. The van der Waals surface area contributed by atoms with Crippen molar-refractivity contribution in [2.24, 2.45) is 46.3 Å². The first-order valence-electron chi connectivity index (χ1n) is 13.8. The highest BCUT2D eigenvalue weighted by molar-refractivity contribution is 6.32. The Bertz CT molecular complexity index is 833. The molecule has 198 valence electrons. The molecule has 0 unspecified atom stereocenters. The molecule has 0 aromatic heterocycles. The van der Waals surface area contributed by atoms with E-state index in [4.69, 9.17) is 4.74 Å². The Labute approximate surface area is 210 Å². The Kier molecular flexibility index (Phi) is 8.53. The predicted octanol–water partition coefficient (Wildman–Crippen LogP) is 4.52. The summed E-state index contributed by atoms with van der Waals surface area (Å²) in [6.45, 7) is 12.3. The minimum atomic E-state index is -1.62.